The number of rotatable bonds is 11. The van der Waals surface area contributed by atoms with E-state index in [-0.39, 0.29) is 23.3 Å². The van der Waals surface area contributed by atoms with E-state index >= 15 is 0 Å². The van der Waals surface area contributed by atoms with Crippen LogP contribution in [0.25, 0.3) is 11.3 Å². The second kappa shape index (κ2) is 14.0. The highest BCUT2D eigenvalue weighted by Gasteiger charge is 2.29. The van der Waals surface area contributed by atoms with Crippen LogP contribution < -0.4 is 21.4 Å². The van der Waals surface area contributed by atoms with Crippen LogP contribution in [0.5, 0.6) is 0 Å². The highest BCUT2D eigenvalue weighted by molar-refractivity contribution is 6.37. The van der Waals surface area contributed by atoms with Gasteiger partial charge in [0.15, 0.2) is 0 Å². The van der Waals surface area contributed by atoms with E-state index in [1.54, 1.807) is 37.4 Å². The molecule has 2 aliphatic heterocycles. The number of amides is 3. The molecule has 0 unspecified atom stereocenters. The number of anilines is 2. The Morgan fingerprint density at radius 1 is 0.886 bits per heavy atom. The second-order valence-corrected chi connectivity index (χ2v) is 10.4. The predicted molar refractivity (Wildman–Crippen MR) is 166 cm³/mol. The zero-order valence-electron chi connectivity index (χ0n) is 24.3. The largest absolute Gasteiger partial charge is 0.478 e. The fourth-order valence-electron chi connectivity index (χ4n) is 5.09. The fourth-order valence-corrected chi connectivity index (χ4v) is 5.09. The van der Waals surface area contributed by atoms with Gasteiger partial charge in [-0.15, -0.1) is 0 Å². The minimum Gasteiger partial charge on any atom is -0.478 e. The molecule has 228 valence electrons. The number of aromatic carboxylic acids is 1. The Bertz CT molecular complexity index is 1570. The van der Waals surface area contributed by atoms with Gasteiger partial charge in [0.05, 0.1) is 35.7 Å². The Kier molecular flexibility index (Phi) is 9.65. The molecule has 2 heterocycles. The highest BCUT2D eigenvalue weighted by Crippen LogP contribution is 2.38. The Morgan fingerprint density at radius 3 is 2.25 bits per heavy atom. The predicted octanol–water partition coefficient (Wildman–Crippen LogP) is 2.34. The Balaban J connectivity index is 1.20. The molecule has 12 heteroatoms. The molecular weight excluding hydrogens is 564 g/mol. The summed E-state index contributed by atoms with van der Waals surface area (Å²) in [7, 11) is 1.63. The first-order chi connectivity index (χ1) is 21.3. The number of benzene rings is 3. The van der Waals surface area contributed by atoms with Crippen LogP contribution in [0.3, 0.4) is 0 Å². The van der Waals surface area contributed by atoms with Gasteiger partial charge < -0.3 is 21.1 Å². The van der Waals surface area contributed by atoms with Crippen LogP contribution >= 0.6 is 0 Å². The van der Waals surface area contributed by atoms with E-state index in [0.29, 0.717) is 53.5 Å². The minimum absolute atomic E-state index is 0.00609. The number of carbonyl (C=O) groups excluding carboxylic acids is 3. The third-order valence-electron chi connectivity index (χ3n) is 7.53. The lowest BCUT2D eigenvalue weighted by Gasteiger charge is -2.33. The van der Waals surface area contributed by atoms with Crippen LogP contribution in [0, 0.1) is 0 Å². The van der Waals surface area contributed by atoms with Crippen molar-refractivity contribution >= 4 is 46.3 Å². The maximum Gasteiger partial charge on any atom is 0.335 e. The standard InChI is InChI=1S/C32H34N6O6/c1-33-27(39)20-38-15-13-37(14-16-38)17-18-44-36-30(40)22-7-10-24(11-8-22)34-29(21-5-3-2-4-6-21)28-25-12-9-23(32(42)43)19-26(25)35-31(28)41/h2-12,19,34H,13-18,20H2,1H3,(H,33,39)(H,35,41)(H,36,40)(H,42,43)/b29-28-. The molecule has 1 fully saturated rings. The van der Waals surface area contributed by atoms with Gasteiger partial charge in [-0.25, -0.2) is 10.3 Å². The number of carboxylic acids is 1. The molecule has 5 rings (SSSR count). The van der Waals surface area contributed by atoms with Crippen molar-refractivity contribution < 1.29 is 29.1 Å². The second-order valence-electron chi connectivity index (χ2n) is 10.4. The number of carboxylic acid groups (broad SMARTS) is 1. The molecule has 3 aromatic rings. The molecule has 1 saturated heterocycles. The number of piperazine rings is 1. The maximum absolute atomic E-state index is 13.1. The summed E-state index contributed by atoms with van der Waals surface area (Å²) in [6.07, 6.45) is 0. The number of carbonyl (C=O) groups is 4. The molecule has 0 saturated carbocycles. The summed E-state index contributed by atoms with van der Waals surface area (Å²) >= 11 is 0. The average Bonchev–Trinajstić information content (AvgIpc) is 3.37. The molecule has 0 bridgehead atoms. The van der Waals surface area contributed by atoms with Gasteiger partial charge in [-0.1, -0.05) is 36.4 Å². The van der Waals surface area contributed by atoms with E-state index < -0.39 is 5.97 Å². The first-order valence-electron chi connectivity index (χ1n) is 14.3. The summed E-state index contributed by atoms with van der Waals surface area (Å²) in [6, 6.07) is 20.6. The van der Waals surface area contributed by atoms with Gasteiger partial charge in [-0.3, -0.25) is 29.0 Å². The number of nitrogens with zero attached hydrogens (tertiary/aromatic N) is 2. The zero-order chi connectivity index (χ0) is 31.1. The van der Waals surface area contributed by atoms with Crippen molar-refractivity contribution in [2.24, 2.45) is 0 Å². The number of hydrogen-bond donors (Lipinski definition) is 5. The van der Waals surface area contributed by atoms with Gasteiger partial charge in [0.1, 0.15) is 0 Å². The first-order valence-corrected chi connectivity index (χ1v) is 14.3. The molecule has 0 atom stereocenters. The SMILES string of the molecule is CNC(=O)CN1CCN(CCONC(=O)c2ccc(N/C(=C3\C(=O)Nc4cc(C(=O)O)ccc43)c3ccccc3)cc2)CC1. The number of nitrogens with one attached hydrogen (secondary N) is 4. The number of hydroxylamine groups is 1. The molecule has 5 N–H and O–H groups in total. The first kappa shape index (κ1) is 30.4. The molecule has 0 radical (unpaired) electrons. The van der Waals surface area contributed by atoms with Crippen LogP contribution in [0.1, 0.15) is 31.8 Å². The summed E-state index contributed by atoms with van der Waals surface area (Å²) in [5, 5.41) is 18.1. The molecule has 44 heavy (non-hydrogen) atoms. The third kappa shape index (κ3) is 7.29. The minimum atomic E-state index is -1.08. The van der Waals surface area contributed by atoms with Crippen LogP contribution in [-0.2, 0) is 14.4 Å². The lowest BCUT2D eigenvalue weighted by atomic mass is 9.99. The van der Waals surface area contributed by atoms with Crippen LogP contribution in [0.2, 0.25) is 0 Å². The van der Waals surface area contributed by atoms with Gasteiger partial charge in [0.2, 0.25) is 5.91 Å². The summed E-state index contributed by atoms with van der Waals surface area (Å²) in [6.45, 7) is 4.61. The summed E-state index contributed by atoms with van der Waals surface area (Å²) in [4.78, 5) is 58.5. The number of likely N-dealkylation sites (N-methyl/N-ethyl adjacent to an activating group) is 1. The monoisotopic (exact) mass is 598 g/mol. The van der Waals surface area contributed by atoms with Crippen molar-refractivity contribution in [1.82, 2.24) is 20.6 Å². The van der Waals surface area contributed by atoms with E-state index in [2.05, 4.69) is 31.2 Å². The molecule has 0 aliphatic carbocycles. The topological polar surface area (TPSA) is 152 Å². The van der Waals surface area contributed by atoms with Gasteiger partial charge in [0.25, 0.3) is 11.8 Å². The summed E-state index contributed by atoms with van der Waals surface area (Å²) < 4.78 is 0. The number of hydrogen-bond acceptors (Lipinski definition) is 8. The molecule has 0 aromatic heterocycles. The quantitative estimate of drug-likeness (QED) is 0.127. The lowest BCUT2D eigenvalue weighted by molar-refractivity contribution is -0.122. The number of fused-ring (bicyclic) bond motifs is 1. The molecule has 3 aromatic carbocycles. The van der Waals surface area contributed by atoms with Crippen molar-refractivity contribution in [1.29, 1.82) is 0 Å². The van der Waals surface area contributed by atoms with Crippen LogP contribution in [0.15, 0.2) is 72.8 Å². The van der Waals surface area contributed by atoms with Gasteiger partial charge in [-0.05, 0) is 42.0 Å². The van der Waals surface area contributed by atoms with Gasteiger partial charge in [0, 0.05) is 56.6 Å². The molecular formula is C32H34N6O6. The van der Waals surface area contributed by atoms with Crippen molar-refractivity contribution in [3.63, 3.8) is 0 Å². The molecule has 0 spiro atoms. The highest BCUT2D eigenvalue weighted by atomic mass is 16.7. The summed E-state index contributed by atoms with van der Waals surface area (Å²) in [5.41, 5.74) is 6.31. The Morgan fingerprint density at radius 2 is 1.57 bits per heavy atom. The molecule has 3 amide bonds. The molecule has 12 nitrogen and oxygen atoms in total. The van der Waals surface area contributed by atoms with Gasteiger partial charge >= 0.3 is 5.97 Å². The normalized spacial score (nSPS) is 16.1. The molecule has 2 aliphatic rings. The van der Waals surface area contributed by atoms with Gasteiger partial charge in [-0.2, -0.15) is 0 Å². The van der Waals surface area contributed by atoms with E-state index in [0.717, 1.165) is 31.7 Å². The third-order valence-corrected chi connectivity index (χ3v) is 7.53. The van der Waals surface area contributed by atoms with Crippen molar-refractivity contribution in [3.8, 4) is 0 Å². The fraction of sp³-hybridized carbons (Fsp3) is 0.250. The zero-order valence-corrected chi connectivity index (χ0v) is 24.3. The van der Waals surface area contributed by atoms with E-state index in [1.165, 1.54) is 12.1 Å². The summed E-state index contributed by atoms with van der Waals surface area (Å²) in [5.74, 6) is -1.81. The van der Waals surface area contributed by atoms with E-state index in [9.17, 15) is 24.3 Å². The van der Waals surface area contributed by atoms with Crippen molar-refractivity contribution in [3.05, 3.63) is 95.1 Å². The Labute approximate surface area is 254 Å². The smallest absolute Gasteiger partial charge is 0.335 e. The van der Waals surface area contributed by atoms with Crippen molar-refractivity contribution in [2.45, 2.75) is 0 Å². The lowest BCUT2D eigenvalue weighted by Crippen LogP contribution is -2.50. The van der Waals surface area contributed by atoms with Crippen LogP contribution in [0.4, 0.5) is 11.4 Å². The average molecular weight is 599 g/mol. The van der Waals surface area contributed by atoms with Crippen molar-refractivity contribution in [2.75, 3.05) is 63.6 Å². The van der Waals surface area contributed by atoms with E-state index in [4.69, 9.17) is 4.84 Å². The van der Waals surface area contributed by atoms with E-state index in [1.807, 2.05) is 30.3 Å². The maximum atomic E-state index is 13.1. The Hall–Kier alpha value is -5.04. The van der Waals surface area contributed by atoms with Crippen LogP contribution in [-0.4, -0.2) is 91.5 Å².